The number of allylic oxidation sites excluding steroid dienone is 1. The van der Waals surface area contributed by atoms with E-state index in [1.54, 1.807) is 71.9 Å². The topological polar surface area (TPSA) is 229 Å². The number of Topliss-reactive ketones (excluding diaryl/α,β-unsaturated/α-hetero) is 1. The highest BCUT2D eigenvalue weighted by Crippen LogP contribution is 2.66. The van der Waals surface area contributed by atoms with Crippen molar-refractivity contribution in [3.05, 3.63) is 53.6 Å². The Morgan fingerprint density at radius 2 is 1.68 bits per heavy atom. The van der Waals surface area contributed by atoms with Gasteiger partial charge >= 0.3 is 30.2 Å². The number of amides is 1. The minimum absolute atomic E-state index is 0.0403. The van der Waals surface area contributed by atoms with Gasteiger partial charge in [-0.05, 0) is 64.8 Å². The average Bonchev–Trinajstić information content (AvgIpc) is 3.49. The third-order valence-corrected chi connectivity index (χ3v) is 12.3. The van der Waals surface area contributed by atoms with E-state index >= 15 is 4.79 Å². The second-order valence-electron chi connectivity index (χ2n) is 17.5. The summed E-state index contributed by atoms with van der Waals surface area (Å²) >= 11 is 0. The molecule has 17 nitrogen and oxygen atoms in total. The van der Waals surface area contributed by atoms with Crippen LogP contribution in [0.25, 0.3) is 0 Å². The summed E-state index contributed by atoms with van der Waals surface area (Å²) in [7, 11) is 0. The van der Waals surface area contributed by atoms with Crippen molar-refractivity contribution in [1.29, 1.82) is 0 Å². The van der Waals surface area contributed by atoms with Gasteiger partial charge in [0.25, 0.3) is 0 Å². The molecule has 3 N–H and O–H groups in total. The van der Waals surface area contributed by atoms with E-state index in [0.717, 1.165) is 6.92 Å². The Bertz CT molecular complexity index is 1950. The standard InChI is InChI=1S/C42H53NO16/c1-11-15-24(43-36(50)58-38(5,6)7)28(47)35(49)55-29-20(2)27-30(53-21(3)44)32(48)40(10)25(46)18-26-41(19-52-26,57-22(4)45)31(40)34(54-23-16-13-12-14-17-23)42(39(27,8)9)33(29)56-37(51)59-42/h11-17,24-26,28-31,33-34,46-47H,18-19H2,1-10H3,(H,43,50)/b15-11-/t24-,25-,26?,28+,29+,30+,31?,33-,34-,40+,41-,42+/m0/s1. The monoisotopic (exact) mass is 827 g/mol. The van der Waals surface area contributed by atoms with Crippen LogP contribution in [0.3, 0.4) is 0 Å². The van der Waals surface area contributed by atoms with Crippen molar-refractivity contribution in [1.82, 2.24) is 5.32 Å². The summed E-state index contributed by atoms with van der Waals surface area (Å²) in [6.45, 7) is 14.7. The summed E-state index contributed by atoms with van der Waals surface area (Å²) in [5, 5.41) is 26.0. The smallest absolute Gasteiger partial charge is 0.486 e. The van der Waals surface area contributed by atoms with Gasteiger partial charge < -0.3 is 53.4 Å². The molecule has 2 unspecified atom stereocenters. The highest BCUT2D eigenvalue weighted by atomic mass is 16.8. The van der Waals surface area contributed by atoms with Gasteiger partial charge in [-0.1, -0.05) is 44.2 Å². The Labute approximate surface area is 341 Å². The Kier molecular flexibility index (Phi) is 11.2. The number of alkyl carbamates (subject to hydrolysis) is 1. The molecule has 2 heterocycles. The minimum atomic E-state index is -2.16. The second-order valence-corrected chi connectivity index (χ2v) is 17.5. The van der Waals surface area contributed by atoms with Crippen LogP contribution in [0, 0.1) is 16.7 Å². The molecule has 2 saturated carbocycles. The molecule has 0 aromatic heterocycles. The predicted molar refractivity (Wildman–Crippen MR) is 202 cm³/mol. The van der Waals surface area contributed by atoms with Crippen LogP contribution < -0.4 is 10.1 Å². The number of esters is 3. The number of hydrogen-bond acceptors (Lipinski definition) is 16. The van der Waals surface area contributed by atoms with E-state index in [4.69, 9.17) is 37.9 Å². The van der Waals surface area contributed by atoms with E-state index in [2.05, 4.69) is 5.32 Å². The highest BCUT2D eigenvalue weighted by Gasteiger charge is 2.83. The number of ketones is 1. The number of carbonyl (C=O) groups excluding carboxylic acids is 6. The van der Waals surface area contributed by atoms with Gasteiger partial charge in [0.05, 0.1) is 30.1 Å². The van der Waals surface area contributed by atoms with Crippen LogP contribution in [0.1, 0.15) is 75.7 Å². The fraction of sp³-hybridized carbons (Fsp3) is 0.619. The number of para-hydroxylation sites is 1. The summed E-state index contributed by atoms with van der Waals surface area (Å²) < 4.78 is 48.6. The molecule has 6 rings (SSSR count). The Balaban J connectivity index is 1.61. The van der Waals surface area contributed by atoms with Gasteiger partial charge in [-0.15, -0.1) is 0 Å². The molecule has 0 radical (unpaired) electrons. The molecule has 4 fully saturated rings. The van der Waals surface area contributed by atoms with E-state index in [9.17, 15) is 34.2 Å². The van der Waals surface area contributed by atoms with Crippen LogP contribution in [0.5, 0.6) is 5.75 Å². The van der Waals surface area contributed by atoms with Crippen molar-refractivity contribution in [3.63, 3.8) is 0 Å². The molecule has 2 bridgehead atoms. The number of nitrogens with one attached hydrogen (secondary N) is 1. The van der Waals surface area contributed by atoms with Gasteiger partial charge in [-0.2, -0.15) is 0 Å². The van der Waals surface area contributed by atoms with Crippen molar-refractivity contribution in [3.8, 4) is 5.75 Å². The summed E-state index contributed by atoms with van der Waals surface area (Å²) in [6, 6.07) is 6.94. The molecule has 3 aliphatic carbocycles. The van der Waals surface area contributed by atoms with Crippen LogP contribution >= 0.6 is 0 Å². The third kappa shape index (κ3) is 7.03. The lowest BCUT2D eigenvalue weighted by atomic mass is 9.44. The van der Waals surface area contributed by atoms with Crippen LogP contribution in [0.4, 0.5) is 9.59 Å². The summed E-state index contributed by atoms with van der Waals surface area (Å²) in [6.07, 6.45) is -10.7. The zero-order valence-corrected chi connectivity index (χ0v) is 34.8. The summed E-state index contributed by atoms with van der Waals surface area (Å²) in [5.41, 5.74) is -8.21. The molecule has 12 atom stereocenters. The van der Waals surface area contributed by atoms with E-state index in [-0.39, 0.29) is 29.9 Å². The zero-order chi connectivity index (χ0) is 43.6. The molecule has 59 heavy (non-hydrogen) atoms. The molecule has 2 saturated heterocycles. The van der Waals surface area contributed by atoms with Gasteiger partial charge in [-0.25, -0.2) is 14.4 Å². The van der Waals surface area contributed by atoms with Gasteiger partial charge in [0, 0.05) is 25.7 Å². The lowest BCUT2D eigenvalue weighted by Crippen LogP contribution is -2.83. The number of carbonyl (C=O) groups is 6. The SMILES string of the molecule is C/C=C\[C@H](NC(=O)OC(C)(C)C)[C@@H](O)C(=O)O[C@@H]1C(C)=C2[C@@H](OC(C)=O)C(=O)[C@@]3(C)C([C@H](Oc4ccccc4)[C@@]4(OC(=O)O[C@@H]14)C2(C)C)[C@]1(OC(C)=O)COC1C[C@@H]3O. The van der Waals surface area contributed by atoms with Crippen molar-refractivity contribution >= 4 is 35.9 Å². The molecule has 1 amide bonds. The van der Waals surface area contributed by atoms with E-state index in [1.165, 1.54) is 32.9 Å². The molecule has 2 aliphatic heterocycles. The number of aliphatic hydroxyl groups excluding tert-OH is 2. The van der Waals surface area contributed by atoms with Gasteiger partial charge in [0.1, 0.15) is 17.5 Å². The Morgan fingerprint density at radius 3 is 2.24 bits per heavy atom. The van der Waals surface area contributed by atoms with Crippen molar-refractivity contribution < 1.29 is 76.9 Å². The van der Waals surface area contributed by atoms with Crippen molar-refractivity contribution in [2.24, 2.45) is 16.7 Å². The maximum Gasteiger partial charge on any atom is 0.509 e. The van der Waals surface area contributed by atoms with Crippen molar-refractivity contribution in [2.45, 2.75) is 141 Å². The zero-order valence-electron chi connectivity index (χ0n) is 34.8. The first-order valence-corrected chi connectivity index (χ1v) is 19.5. The van der Waals surface area contributed by atoms with Crippen LogP contribution in [0.2, 0.25) is 0 Å². The molecular weight excluding hydrogens is 774 g/mol. The van der Waals surface area contributed by atoms with Gasteiger partial charge in [0.2, 0.25) is 5.60 Å². The molecule has 1 spiro atoms. The number of hydrogen-bond donors (Lipinski definition) is 3. The summed E-state index contributed by atoms with van der Waals surface area (Å²) in [5.74, 6) is -4.94. The number of benzene rings is 1. The van der Waals surface area contributed by atoms with E-state index < -0.39 is 118 Å². The van der Waals surface area contributed by atoms with Gasteiger partial charge in [-0.3, -0.25) is 14.4 Å². The molecule has 5 aliphatic rings. The first-order chi connectivity index (χ1) is 27.5. The van der Waals surface area contributed by atoms with E-state index in [0.29, 0.717) is 0 Å². The van der Waals surface area contributed by atoms with E-state index in [1.807, 2.05) is 0 Å². The Hall–Kier alpha value is -5.00. The first-order valence-electron chi connectivity index (χ1n) is 19.5. The van der Waals surface area contributed by atoms with Crippen LogP contribution in [0.15, 0.2) is 53.6 Å². The molecule has 322 valence electrons. The number of ether oxygens (including phenoxy) is 8. The molecule has 1 aromatic rings. The first kappa shape index (κ1) is 43.6. The lowest BCUT2D eigenvalue weighted by Gasteiger charge is -2.67. The number of fused-ring (bicyclic) bond motifs is 4. The maximum absolute atomic E-state index is 15.5. The van der Waals surface area contributed by atoms with Crippen LogP contribution in [-0.4, -0.2) is 118 Å². The van der Waals surface area contributed by atoms with Crippen molar-refractivity contribution in [2.75, 3.05) is 6.61 Å². The Morgan fingerprint density at radius 1 is 1.02 bits per heavy atom. The minimum Gasteiger partial charge on any atom is -0.486 e. The fourth-order valence-electron chi connectivity index (χ4n) is 9.89. The normalized spacial score (nSPS) is 35.4. The second kappa shape index (κ2) is 15.2. The lowest BCUT2D eigenvalue weighted by molar-refractivity contribution is -0.343. The predicted octanol–water partition coefficient (Wildman–Crippen LogP) is 3.41. The third-order valence-electron chi connectivity index (χ3n) is 12.3. The number of aliphatic hydroxyl groups is 2. The van der Waals surface area contributed by atoms with Crippen LogP contribution in [-0.2, 0) is 52.3 Å². The largest absolute Gasteiger partial charge is 0.509 e. The quantitative estimate of drug-likeness (QED) is 0.184. The molecule has 17 heteroatoms. The summed E-state index contributed by atoms with van der Waals surface area (Å²) in [4.78, 5) is 82.3. The number of rotatable bonds is 9. The maximum atomic E-state index is 15.5. The molecular formula is C42H53NO16. The fourth-order valence-corrected chi connectivity index (χ4v) is 9.89. The van der Waals surface area contributed by atoms with Gasteiger partial charge in [0.15, 0.2) is 41.9 Å². The molecule has 1 aromatic carbocycles. The average molecular weight is 828 g/mol. The highest BCUT2D eigenvalue weighted by molar-refractivity contribution is 5.95.